The lowest BCUT2D eigenvalue weighted by atomic mass is 10.2. The highest BCUT2D eigenvalue weighted by Gasteiger charge is 2.26. The molecule has 0 spiro atoms. The molecule has 0 heterocycles. The first kappa shape index (κ1) is 15.0. The number of anilines is 2. The Labute approximate surface area is 122 Å². The van der Waals surface area contributed by atoms with Gasteiger partial charge in [-0.1, -0.05) is 23.8 Å². The maximum Gasteiger partial charge on any atom is 0.311 e. The van der Waals surface area contributed by atoms with E-state index in [0.717, 1.165) is 11.8 Å². The number of aryl methyl sites for hydroxylation is 1. The van der Waals surface area contributed by atoms with Crippen molar-refractivity contribution >= 4 is 26.9 Å². The van der Waals surface area contributed by atoms with Crippen molar-refractivity contribution in [1.29, 1.82) is 0 Å². The summed E-state index contributed by atoms with van der Waals surface area (Å²) in [4.78, 5) is 10.2. The van der Waals surface area contributed by atoms with E-state index in [4.69, 9.17) is 0 Å². The molecule has 0 aliphatic rings. The highest BCUT2D eigenvalue weighted by Crippen LogP contribution is 2.33. The fourth-order valence-corrected chi connectivity index (χ4v) is 2.76. The van der Waals surface area contributed by atoms with Gasteiger partial charge < -0.3 is 5.32 Å². The van der Waals surface area contributed by atoms with Crippen molar-refractivity contribution in [3.63, 3.8) is 0 Å². The fourth-order valence-electron chi connectivity index (χ4n) is 1.90. The molecule has 1 N–H and O–H groups in total. The Morgan fingerprint density at radius 2 is 1.71 bits per heavy atom. The zero-order chi connectivity index (χ0) is 15.6. The summed E-state index contributed by atoms with van der Waals surface area (Å²) in [5.41, 5.74) is 1.40. The molecule has 21 heavy (non-hydrogen) atoms. The number of sulfone groups is 1. The van der Waals surface area contributed by atoms with Crippen LogP contribution in [0, 0.1) is 17.0 Å². The molecule has 0 unspecified atom stereocenters. The lowest BCUT2D eigenvalue weighted by Crippen LogP contribution is -2.05. The summed E-state index contributed by atoms with van der Waals surface area (Å²) in [5.74, 6) is 0. The predicted octanol–water partition coefficient (Wildman–Crippen LogP) is 3.05. The van der Waals surface area contributed by atoms with E-state index >= 15 is 0 Å². The zero-order valence-electron chi connectivity index (χ0n) is 11.5. The Hall–Kier alpha value is -2.41. The number of hydrogen-bond acceptors (Lipinski definition) is 5. The molecule has 0 atom stereocenters. The second kappa shape index (κ2) is 5.53. The zero-order valence-corrected chi connectivity index (χ0v) is 12.3. The number of nitro benzene ring substituents is 1. The molecule has 0 radical (unpaired) electrons. The van der Waals surface area contributed by atoms with Crippen LogP contribution in [0.4, 0.5) is 17.1 Å². The fraction of sp³-hybridized carbons (Fsp3) is 0.143. The normalized spacial score (nSPS) is 11.1. The van der Waals surface area contributed by atoms with Gasteiger partial charge in [0.2, 0.25) is 0 Å². The van der Waals surface area contributed by atoms with E-state index in [1.165, 1.54) is 18.2 Å². The molecule has 0 aromatic heterocycles. The van der Waals surface area contributed by atoms with Crippen LogP contribution in [-0.4, -0.2) is 19.6 Å². The van der Waals surface area contributed by atoms with Gasteiger partial charge in [-0.15, -0.1) is 0 Å². The van der Waals surface area contributed by atoms with Crippen molar-refractivity contribution in [2.45, 2.75) is 11.8 Å². The first-order chi connectivity index (χ1) is 9.79. The van der Waals surface area contributed by atoms with Gasteiger partial charge in [0.15, 0.2) is 9.84 Å². The van der Waals surface area contributed by atoms with Gasteiger partial charge in [0.05, 0.1) is 4.92 Å². The van der Waals surface area contributed by atoms with Crippen LogP contribution in [0.3, 0.4) is 0 Å². The quantitative estimate of drug-likeness (QED) is 0.692. The van der Waals surface area contributed by atoms with Crippen LogP contribution in [0.1, 0.15) is 5.56 Å². The lowest BCUT2D eigenvalue weighted by Gasteiger charge is -2.09. The molecule has 2 aromatic carbocycles. The van der Waals surface area contributed by atoms with Gasteiger partial charge in [-0.2, -0.15) is 0 Å². The average Bonchev–Trinajstić information content (AvgIpc) is 2.40. The van der Waals surface area contributed by atoms with Crippen LogP contribution in [0.5, 0.6) is 0 Å². The summed E-state index contributed by atoms with van der Waals surface area (Å²) >= 11 is 0. The summed E-state index contributed by atoms with van der Waals surface area (Å²) in [5, 5.41) is 14.1. The Balaban J connectivity index is 2.54. The average molecular weight is 306 g/mol. The molecule has 6 nitrogen and oxygen atoms in total. The second-order valence-corrected chi connectivity index (χ2v) is 6.66. The van der Waals surface area contributed by atoms with Crippen LogP contribution >= 0.6 is 0 Å². The van der Waals surface area contributed by atoms with E-state index in [0.29, 0.717) is 5.69 Å². The summed E-state index contributed by atoms with van der Waals surface area (Å²) in [6.45, 7) is 1.93. The first-order valence-corrected chi connectivity index (χ1v) is 7.99. The van der Waals surface area contributed by atoms with Crippen molar-refractivity contribution in [3.8, 4) is 0 Å². The minimum atomic E-state index is -3.68. The first-order valence-electron chi connectivity index (χ1n) is 6.10. The molecule has 0 bridgehead atoms. The van der Waals surface area contributed by atoms with E-state index in [-0.39, 0.29) is 10.6 Å². The van der Waals surface area contributed by atoms with Gasteiger partial charge in [0.25, 0.3) is 0 Å². The number of para-hydroxylation sites is 1. The van der Waals surface area contributed by atoms with Crippen molar-refractivity contribution in [2.75, 3.05) is 11.6 Å². The number of rotatable bonds is 4. The molecule has 0 amide bonds. The van der Waals surface area contributed by atoms with E-state index in [9.17, 15) is 18.5 Å². The smallest absolute Gasteiger partial charge is 0.311 e. The standard InChI is InChI=1S/C14H14N2O4S/c1-10-6-8-11(9-7-10)15-12-4-3-5-13(21(2,19)20)14(12)16(17)18/h3-9,15H,1-2H3. The summed E-state index contributed by atoms with van der Waals surface area (Å²) in [6, 6.07) is 11.4. The third kappa shape index (κ3) is 3.38. The Kier molecular flexibility index (Phi) is 3.95. The van der Waals surface area contributed by atoms with Crippen LogP contribution in [0.2, 0.25) is 0 Å². The molecule has 110 valence electrons. The summed E-state index contributed by atoms with van der Waals surface area (Å²) in [6.07, 6.45) is 0.949. The third-order valence-electron chi connectivity index (χ3n) is 2.91. The Bertz CT molecular complexity index is 783. The van der Waals surface area contributed by atoms with Crippen LogP contribution in [0.15, 0.2) is 47.4 Å². The lowest BCUT2D eigenvalue weighted by molar-refractivity contribution is -0.386. The molecule has 0 aliphatic carbocycles. The Morgan fingerprint density at radius 3 is 2.24 bits per heavy atom. The van der Waals surface area contributed by atoms with Gasteiger partial charge in [-0.3, -0.25) is 10.1 Å². The molecule has 0 aliphatic heterocycles. The largest absolute Gasteiger partial charge is 0.350 e. The van der Waals surface area contributed by atoms with Crippen molar-refractivity contribution in [1.82, 2.24) is 0 Å². The van der Waals surface area contributed by atoms with E-state index in [1.807, 2.05) is 19.1 Å². The van der Waals surface area contributed by atoms with Gasteiger partial charge in [-0.05, 0) is 31.2 Å². The van der Waals surface area contributed by atoms with E-state index in [2.05, 4.69) is 5.32 Å². The summed E-state index contributed by atoms with van der Waals surface area (Å²) in [7, 11) is -3.68. The van der Waals surface area contributed by atoms with Gasteiger partial charge in [0, 0.05) is 11.9 Å². The highest BCUT2D eigenvalue weighted by atomic mass is 32.2. The number of hydrogen-bond donors (Lipinski definition) is 1. The number of nitrogens with zero attached hydrogens (tertiary/aromatic N) is 1. The van der Waals surface area contributed by atoms with Crippen molar-refractivity contribution in [3.05, 3.63) is 58.1 Å². The predicted molar refractivity (Wildman–Crippen MR) is 80.7 cm³/mol. The molecule has 2 rings (SSSR count). The molecule has 7 heteroatoms. The van der Waals surface area contributed by atoms with Crippen molar-refractivity contribution in [2.24, 2.45) is 0 Å². The molecule has 0 saturated heterocycles. The topological polar surface area (TPSA) is 89.3 Å². The maximum absolute atomic E-state index is 11.7. The van der Waals surface area contributed by atoms with Crippen molar-refractivity contribution < 1.29 is 13.3 Å². The second-order valence-electron chi connectivity index (χ2n) is 4.67. The third-order valence-corrected chi connectivity index (χ3v) is 4.04. The van der Waals surface area contributed by atoms with Gasteiger partial charge in [-0.25, -0.2) is 8.42 Å². The molecule has 2 aromatic rings. The molecular weight excluding hydrogens is 292 g/mol. The number of nitro groups is 1. The number of nitrogens with one attached hydrogen (secondary N) is 1. The van der Waals surface area contributed by atoms with E-state index in [1.54, 1.807) is 12.1 Å². The van der Waals surface area contributed by atoms with Crippen LogP contribution in [0.25, 0.3) is 0 Å². The Morgan fingerprint density at radius 1 is 1.10 bits per heavy atom. The summed E-state index contributed by atoms with van der Waals surface area (Å²) < 4.78 is 23.4. The van der Waals surface area contributed by atoms with Gasteiger partial charge >= 0.3 is 5.69 Å². The highest BCUT2D eigenvalue weighted by molar-refractivity contribution is 7.90. The minimum absolute atomic E-state index is 0.145. The molecular formula is C14H14N2O4S. The van der Waals surface area contributed by atoms with Crippen LogP contribution < -0.4 is 5.32 Å². The molecule has 0 fully saturated rings. The molecule has 0 saturated carbocycles. The van der Waals surface area contributed by atoms with E-state index < -0.39 is 20.4 Å². The number of benzene rings is 2. The van der Waals surface area contributed by atoms with Crippen LogP contribution in [-0.2, 0) is 9.84 Å². The van der Waals surface area contributed by atoms with Gasteiger partial charge in [0.1, 0.15) is 10.6 Å². The monoisotopic (exact) mass is 306 g/mol. The SMILES string of the molecule is Cc1ccc(Nc2cccc(S(C)(=O)=O)c2[N+](=O)[O-])cc1. The maximum atomic E-state index is 11.7. The minimum Gasteiger partial charge on any atom is -0.350 e.